The largest absolute Gasteiger partial charge is 0.494 e. The van der Waals surface area contributed by atoms with Crippen molar-refractivity contribution in [2.75, 3.05) is 6.61 Å². The van der Waals surface area contributed by atoms with Gasteiger partial charge in [-0.15, -0.1) is 0 Å². The second-order valence-electron chi connectivity index (χ2n) is 7.42. The lowest BCUT2D eigenvalue weighted by molar-refractivity contribution is 0.0735. The minimum atomic E-state index is -0.355. The van der Waals surface area contributed by atoms with E-state index < -0.39 is 0 Å². The molecule has 0 spiro atoms. The van der Waals surface area contributed by atoms with Gasteiger partial charge in [-0.25, -0.2) is 4.79 Å². The van der Waals surface area contributed by atoms with Gasteiger partial charge in [0.2, 0.25) is 0 Å². The molecule has 0 heterocycles. The van der Waals surface area contributed by atoms with E-state index in [0.29, 0.717) is 11.3 Å². The predicted molar refractivity (Wildman–Crippen MR) is 122 cm³/mol. The van der Waals surface area contributed by atoms with Gasteiger partial charge in [-0.2, -0.15) is 0 Å². The van der Waals surface area contributed by atoms with Crippen LogP contribution in [-0.2, 0) is 0 Å². The Morgan fingerprint density at radius 3 is 1.93 bits per heavy atom. The van der Waals surface area contributed by atoms with Crippen LogP contribution in [0.5, 0.6) is 11.5 Å². The topological polar surface area (TPSA) is 35.5 Å². The van der Waals surface area contributed by atoms with E-state index in [1.54, 1.807) is 24.3 Å². The molecule has 156 valence electrons. The first kappa shape index (κ1) is 21.6. The van der Waals surface area contributed by atoms with Crippen LogP contribution in [0.4, 0.5) is 0 Å². The van der Waals surface area contributed by atoms with Crippen LogP contribution in [0, 0.1) is 0 Å². The summed E-state index contributed by atoms with van der Waals surface area (Å²) in [5, 5.41) is 0. The molecule has 3 nitrogen and oxygen atoms in total. The number of rotatable bonds is 11. The first-order chi connectivity index (χ1) is 14.8. The highest BCUT2D eigenvalue weighted by molar-refractivity contribution is 5.91. The smallest absolute Gasteiger partial charge is 0.343 e. The number of benzene rings is 3. The molecule has 0 bridgehead atoms. The van der Waals surface area contributed by atoms with E-state index in [-0.39, 0.29) is 5.97 Å². The van der Waals surface area contributed by atoms with Crippen molar-refractivity contribution >= 4 is 5.97 Å². The Balaban J connectivity index is 1.48. The van der Waals surface area contributed by atoms with Gasteiger partial charge in [0.1, 0.15) is 11.5 Å². The zero-order chi connectivity index (χ0) is 21.0. The third-order valence-corrected chi connectivity index (χ3v) is 5.03. The number of ether oxygens (including phenoxy) is 2. The summed E-state index contributed by atoms with van der Waals surface area (Å²) in [6.45, 7) is 3.00. The molecule has 0 fully saturated rings. The fraction of sp³-hybridized carbons (Fsp3) is 0.296. The van der Waals surface area contributed by atoms with Crippen molar-refractivity contribution < 1.29 is 14.3 Å². The number of carbonyl (C=O) groups is 1. The van der Waals surface area contributed by atoms with E-state index in [1.807, 2.05) is 54.6 Å². The van der Waals surface area contributed by atoms with Crippen LogP contribution >= 0.6 is 0 Å². The van der Waals surface area contributed by atoms with Crippen molar-refractivity contribution in [2.24, 2.45) is 0 Å². The summed E-state index contributed by atoms with van der Waals surface area (Å²) in [6.07, 6.45) is 7.57. The highest BCUT2D eigenvalue weighted by atomic mass is 16.5. The highest BCUT2D eigenvalue weighted by Gasteiger charge is 2.09. The van der Waals surface area contributed by atoms with Crippen LogP contribution in [0.2, 0.25) is 0 Å². The number of hydrogen-bond donors (Lipinski definition) is 0. The molecule has 0 aromatic heterocycles. The Bertz CT molecular complexity index is 884. The van der Waals surface area contributed by atoms with Crippen molar-refractivity contribution in [3.8, 4) is 22.6 Å². The van der Waals surface area contributed by atoms with Gasteiger partial charge in [-0.1, -0.05) is 81.5 Å². The zero-order valence-corrected chi connectivity index (χ0v) is 17.7. The van der Waals surface area contributed by atoms with E-state index >= 15 is 0 Å². The molecule has 0 saturated heterocycles. The Labute approximate surface area is 179 Å². The molecular weight excluding hydrogens is 372 g/mol. The Morgan fingerprint density at radius 1 is 0.667 bits per heavy atom. The van der Waals surface area contributed by atoms with E-state index in [4.69, 9.17) is 9.47 Å². The molecule has 0 atom stereocenters. The third-order valence-electron chi connectivity index (χ3n) is 5.03. The van der Waals surface area contributed by atoms with Gasteiger partial charge >= 0.3 is 5.97 Å². The SMILES string of the molecule is CCCCCCCCOc1ccc(-c2ccc(C(=O)Oc3ccccc3)cc2)cc1. The molecule has 0 aliphatic carbocycles. The average molecular weight is 403 g/mol. The summed E-state index contributed by atoms with van der Waals surface area (Å²) < 4.78 is 11.2. The average Bonchev–Trinajstić information content (AvgIpc) is 2.80. The summed E-state index contributed by atoms with van der Waals surface area (Å²) in [5.41, 5.74) is 2.67. The molecule has 0 N–H and O–H groups in total. The Hall–Kier alpha value is -3.07. The van der Waals surface area contributed by atoms with Gasteiger partial charge < -0.3 is 9.47 Å². The molecule has 3 heteroatoms. The third kappa shape index (κ3) is 6.77. The summed E-state index contributed by atoms with van der Waals surface area (Å²) >= 11 is 0. The van der Waals surface area contributed by atoms with Gasteiger partial charge in [0.05, 0.1) is 12.2 Å². The summed E-state index contributed by atoms with van der Waals surface area (Å²) in [7, 11) is 0. The lowest BCUT2D eigenvalue weighted by Gasteiger charge is -2.08. The fourth-order valence-corrected chi connectivity index (χ4v) is 3.27. The molecule has 0 unspecified atom stereocenters. The lowest BCUT2D eigenvalue weighted by Crippen LogP contribution is -2.08. The second kappa shape index (κ2) is 11.8. The van der Waals surface area contributed by atoms with Crippen molar-refractivity contribution in [3.63, 3.8) is 0 Å². The zero-order valence-electron chi connectivity index (χ0n) is 17.7. The normalized spacial score (nSPS) is 10.6. The maximum Gasteiger partial charge on any atom is 0.343 e. The number of hydrogen-bond acceptors (Lipinski definition) is 3. The van der Waals surface area contributed by atoms with Crippen LogP contribution in [0.3, 0.4) is 0 Å². The lowest BCUT2D eigenvalue weighted by atomic mass is 10.0. The maximum absolute atomic E-state index is 12.3. The van der Waals surface area contributed by atoms with Crippen molar-refractivity contribution in [2.45, 2.75) is 45.4 Å². The Morgan fingerprint density at radius 2 is 1.27 bits per heavy atom. The van der Waals surface area contributed by atoms with Crippen molar-refractivity contribution in [3.05, 3.63) is 84.4 Å². The molecule has 30 heavy (non-hydrogen) atoms. The number of esters is 1. The van der Waals surface area contributed by atoms with Crippen LogP contribution < -0.4 is 9.47 Å². The minimum Gasteiger partial charge on any atom is -0.494 e. The van der Waals surface area contributed by atoms with Crippen LogP contribution in [-0.4, -0.2) is 12.6 Å². The van der Waals surface area contributed by atoms with Crippen LogP contribution in [0.15, 0.2) is 78.9 Å². The standard InChI is InChI=1S/C27H30O3/c1-2-3-4-5-6-10-21-29-25-19-17-23(18-20-25)22-13-15-24(16-14-22)27(28)30-26-11-8-7-9-12-26/h7-9,11-20H,2-6,10,21H2,1H3. The van der Waals surface area contributed by atoms with Crippen LogP contribution in [0.1, 0.15) is 55.8 Å². The molecule has 0 aliphatic rings. The molecular formula is C27H30O3. The molecule has 0 amide bonds. The fourth-order valence-electron chi connectivity index (χ4n) is 3.27. The van der Waals surface area contributed by atoms with Gasteiger partial charge in [-0.3, -0.25) is 0 Å². The molecule has 0 saturated carbocycles. The Kier molecular flexibility index (Phi) is 8.52. The minimum absolute atomic E-state index is 0.355. The predicted octanol–water partition coefficient (Wildman–Crippen LogP) is 7.31. The van der Waals surface area contributed by atoms with Gasteiger partial charge in [0, 0.05) is 0 Å². The quantitative estimate of drug-likeness (QED) is 0.192. The molecule has 3 aromatic rings. The summed E-state index contributed by atoms with van der Waals surface area (Å²) in [6, 6.07) is 24.7. The maximum atomic E-state index is 12.3. The van der Waals surface area contributed by atoms with Crippen molar-refractivity contribution in [1.29, 1.82) is 0 Å². The second-order valence-corrected chi connectivity index (χ2v) is 7.42. The van der Waals surface area contributed by atoms with Gasteiger partial charge in [0.25, 0.3) is 0 Å². The number of para-hydroxylation sites is 1. The molecule has 3 aromatic carbocycles. The van der Waals surface area contributed by atoms with E-state index in [1.165, 1.54) is 32.1 Å². The number of carbonyl (C=O) groups excluding carboxylic acids is 1. The van der Waals surface area contributed by atoms with Gasteiger partial charge in [-0.05, 0) is 53.9 Å². The molecule has 0 radical (unpaired) electrons. The monoisotopic (exact) mass is 402 g/mol. The van der Waals surface area contributed by atoms with E-state index in [2.05, 4.69) is 6.92 Å². The first-order valence-corrected chi connectivity index (χ1v) is 10.9. The first-order valence-electron chi connectivity index (χ1n) is 10.9. The van der Waals surface area contributed by atoms with Gasteiger partial charge in [0.15, 0.2) is 0 Å². The molecule has 0 aliphatic heterocycles. The van der Waals surface area contributed by atoms with E-state index in [0.717, 1.165) is 29.9 Å². The van der Waals surface area contributed by atoms with E-state index in [9.17, 15) is 4.79 Å². The number of unbranched alkanes of at least 4 members (excludes halogenated alkanes) is 5. The highest BCUT2D eigenvalue weighted by Crippen LogP contribution is 2.23. The summed E-state index contributed by atoms with van der Waals surface area (Å²) in [4.78, 5) is 12.3. The molecule has 3 rings (SSSR count). The van der Waals surface area contributed by atoms with Crippen molar-refractivity contribution in [1.82, 2.24) is 0 Å². The summed E-state index contributed by atoms with van der Waals surface area (Å²) in [5.74, 6) is 1.09. The van der Waals surface area contributed by atoms with Crippen LogP contribution in [0.25, 0.3) is 11.1 Å².